The summed E-state index contributed by atoms with van der Waals surface area (Å²) in [4.78, 5) is 24.4. The number of amides is 1. The average molecular weight is 387 g/mol. The molecule has 0 aliphatic heterocycles. The molecule has 0 bridgehead atoms. The number of nitrogens with one attached hydrogen (secondary N) is 1. The van der Waals surface area contributed by atoms with Crippen LogP contribution in [0.4, 0.5) is 10.1 Å². The van der Waals surface area contributed by atoms with Gasteiger partial charge in [0.25, 0.3) is 0 Å². The van der Waals surface area contributed by atoms with E-state index < -0.39 is 17.7 Å². The van der Waals surface area contributed by atoms with Crippen molar-refractivity contribution in [1.82, 2.24) is 25.1 Å². The molecule has 26 heavy (non-hydrogen) atoms. The highest BCUT2D eigenvalue weighted by molar-refractivity contribution is 5.92. The van der Waals surface area contributed by atoms with Gasteiger partial charge in [0.2, 0.25) is 5.91 Å². The minimum Gasteiger partial charge on any atom is -0.480 e. The van der Waals surface area contributed by atoms with E-state index in [9.17, 15) is 14.0 Å². The van der Waals surface area contributed by atoms with Crippen molar-refractivity contribution < 1.29 is 19.1 Å². The number of aliphatic carboxylic acids is 1. The number of benzene rings is 1. The van der Waals surface area contributed by atoms with Crippen molar-refractivity contribution in [1.29, 1.82) is 0 Å². The Labute approximate surface area is 155 Å². The van der Waals surface area contributed by atoms with Crippen molar-refractivity contribution in [3.63, 3.8) is 0 Å². The summed E-state index contributed by atoms with van der Waals surface area (Å²) >= 11 is 0. The summed E-state index contributed by atoms with van der Waals surface area (Å²) in [5, 5.41) is 22.4. The Balaban J connectivity index is 0.00000338. The first-order valence-electron chi connectivity index (χ1n) is 7.69. The molecule has 0 unspecified atom stereocenters. The first-order chi connectivity index (χ1) is 11.9. The molecular formula is C15H20ClFN6O3. The van der Waals surface area contributed by atoms with Gasteiger partial charge in [-0.15, -0.1) is 17.5 Å². The lowest BCUT2D eigenvalue weighted by atomic mass is 10.2. The monoisotopic (exact) mass is 386 g/mol. The molecule has 1 heterocycles. The molecule has 11 heteroatoms. The van der Waals surface area contributed by atoms with Crippen LogP contribution in [0, 0.1) is 12.7 Å². The SMILES string of the molecule is CCCN(CC(=O)O)CC(=O)Nc1cc(-n2nnnc2C)ccc1F.Cl. The van der Waals surface area contributed by atoms with Crippen LogP contribution in [0.1, 0.15) is 19.2 Å². The van der Waals surface area contributed by atoms with E-state index in [0.29, 0.717) is 24.5 Å². The number of carbonyl (C=O) groups excluding carboxylic acids is 1. The fourth-order valence-electron chi connectivity index (χ4n) is 2.33. The summed E-state index contributed by atoms with van der Waals surface area (Å²) in [7, 11) is 0. The van der Waals surface area contributed by atoms with Crippen molar-refractivity contribution in [3.8, 4) is 5.69 Å². The predicted octanol–water partition coefficient (Wildman–Crippen LogP) is 1.27. The standard InChI is InChI=1S/C15H19FN6O3.ClH/c1-3-6-21(9-15(24)25)8-14(23)17-13-7-11(4-5-12(13)16)22-10(2)18-19-20-22;/h4-5,7H,3,6,8-9H2,1-2H3,(H,17,23)(H,24,25);1H. The number of aryl methyl sites for hydroxylation is 1. The first-order valence-corrected chi connectivity index (χ1v) is 7.69. The van der Waals surface area contributed by atoms with Crippen LogP contribution >= 0.6 is 12.4 Å². The summed E-state index contributed by atoms with van der Waals surface area (Å²) in [6, 6.07) is 4.10. The highest BCUT2D eigenvalue weighted by atomic mass is 35.5. The molecule has 1 amide bonds. The minimum atomic E-state index is -1.02. The zero-order valence-corrected chi connectivity index (χ0v) is 15.2. The Kier molecular flexibility index (Phi) is 8.07. The third-order valence-electron chi connectivity index (χ3n) is 3.36. The molecule has 0 aliphatic rings. The van der Waals surface area contributed by atoms with Gasteiger partial charge >= 0.3 is 5.97 Å². The average Bonchev–Trinajstić information content (AvgIpc) is 2.95. The lowest BCUT2D eigenvalue weighted by molar-refractivity contribution is -0.138. The second-order valence-electron chi connectivity index (χ2n) is 5.45. The minimum absolute atomic E-state index is 0. The van der Waals surface area contributed by atoms with E-state index in [2.05, 4.69) is 20.8 Å². The molecule has 142 valence electrons. The summed E-state index contributed by atoms with van der Waals surface area (Å²) in [6.45, 7) is 3.62. The summed E-state index contributed by atoms with van der Waals surface area (Å²) in [5.41, 5.74) is 0.472. The zero-order valence-electron chi connectivity index (χ0n) is 14.3. The number of halogens is 2. The number of hydrogen-bond donors (Lipinski definition) is 2. The maximum absolute atomic E-state index is 14.0. The number of carbonyl (C=O) groups is 2. The Hall–Kier alpha value is -2.59. The van der Waals surface area contributed by atoms with Gasteiger partial charge in [0, 0.05) is 0 Å². The number of aromatic nitrogens is 4. The zero-order chi connectivity index (χ0) is 18.4. The molecule has 9 nitrogen and oxygen atoms in total. The van der Waals surface area contributed by atoms with Gasteiger partial charge in [-0.1, -0.05) is 6.92 Å². The van der Waals surface area contributed by atoms with Crippen LogP contribution in [-0.4, -0.2) is 61.7 Å². The first kappa shape index (κ1) is 21.5. The predicted molar refractivity (Wildman–Crippen MR) is 94.1 cm³/mol. The van der Waals surface area contributed by atoms with Gasteiger partial charge < -0.3 is 10.4 Å². The Bertz CT molecular complexity index is 770. The van der Waals surface area contributed by atoms with Crippen molar-refractivity contribution in [2.45, 2.75) is 20.3 Å². The number of carboxylic acids is 1. The van der Waals surface area contributed by atoms with Crippen LogP contribution in [0.15, 0.2) is 18.2 Å². The number of hydrogen-bond acceptors (Lipinski definition) is 6. The lowest BCUT2D eigenvalue weighted by Gasteiger charge is -2.19. The molecule has 0 saturated heterocycles. The van der Waals surface area contributed by atoms with E-state index in [1.165, 1.54) is 27.8 Å². The van der Waals surface area contributed by atoms with Crippen LogP contribution in [0.25, 0.3) is 5.69 Å². The van der Waals surface area contributed by atoms with E-state index in [-0.39, 0.29) is 31.2 Å². The van der Waals surface area contributed by atoms with E-state index >= 15 is 0 Å². The van der Waals surface area contributed by atoms with Gasteiger partial charge in [0.05, 0.1) is 24.5 Å². The van der Waals surface area contributed by atoms with E-state index in [4.69, 9.17) is 5.11 Å². The van der Waals surface area contributed by atoms with Crippen LogP contribution in [0.5, 0.6) is 0 Å². The summed E-state index contributed by atoms with van der Waals surface area (Å²) in [6.07, 6.45) is 0.697. The van der Waals surface area contributed by atoms with Crippen LogP contribution in [-0.2, 0) is 9.59 Å². The topological polar surface area (TPSA) is 113 Å². The number of carboxylic acid groups (broad SMARTS) is 1. The van der Waals surface area contributed by atoms with Crippen molar-refractivity contribution in [2.24, 2.45) is 0 Å². The molecule has 2 aromatic rings. The van der Waals surface area contributed by atoms with Gasteiger partial charge in [-0.05, 0) is 48.5 Å². The second-order valence-corrected chi connectivity index (χ2v) is 5.45. The van der Waals surface area contributed by atoms with Gasteiger partial charge in [0.15, 0.2) is 5.82 Å². The summed E-state index contributed by atoms with van der Waals surface area (Å²) < 4.78 is 15.4. The van der Waals surface area contributed by atoms with E-state index in [1.54, 1.807) is 6.92 Å². The molecular weight excluding hydrogens is 367 g/mol. The Morgan fingerprint density at radius 3 is 2.65 bits per heavy atom. The molecule has 0 radical (unpaired) electrons. The van der Waals surface area contributed by atoms with Crippen molar-refractivity contribution >= 4 is 30.0 Å². The van der Waals surface area contributed by atoms with E-state index in [0.717, 1.165) is 0 Å². The highest BCUT2D eigenvalue weighted by Crippen LogP contribution is 2.19. The van der Waals surface area contributed by atoms with Gasteiger partial charge in [-0.25, -0.2) is 4.39 Å². The lowest BCUT2D eigenvalue weighted by Crippen LogP contribution is -2.37. The molecule has 1 aromatic carbocycles. The number of rotatable bonds is 8. The van der Waals surface area contributed by atoms with Crippen LogP contribution < -0.4 is 5.32 Å². The third-order valence-corrected chi connectivity index (χ3v) is 3.36. The summed E-state index contributed by atoms with van der Waals surface area (Å²) in [5.74, 6) is -1.62. The Morgan fingerprint density at radius 2 is 2.08 bits per heavy atom. The smallest absolute Gasteiger partial charge is 0.317 e. The van der Waals surface area contributed by atoms with Gasteiger partial charge in [0.1, 0.15) is 5.82 Å². The molecule has 2 N–H and O–H groups in total. The number of anilines is 1. The highest BCUT2D eigenvalue weighted by Gasteiger charge is 2.15. The number of nitrogens with zero attached hydrogens (tertiary/aromatic N) is 5. The van der Waals surface area contributed by atoms with Gasteiger partial charge in [-0.2, -0.15) is 4.68 Å². The Morgan fingerprint density at radius 1 is 1.35 bits per heavy atom. The third kappa shape index (κ3) is 5.74. The maximum atomic E-state index is 14.0. The second kappa shape index (κ2) is 9.78. The maximum Gasteiger partial charge on any atom is 0.317 e. The molecule has 0 saturated carbocycles. The molecule has 0 spiro atoms. The normalized spacial score (nSPS) is 10.5. The van der Waals surface area contributed by atoms with E-state index in [1.807, 2.05) is 6.92 Å². The quantitative estimate of drug-likeness (QED) is 0.702. The largest absolute Gasteiger partial charge is 0.480 e. The molecule has 1 aromatic heterocycles. The molecule has 2 rings (SSSR count). The molecule has 0 atom stereocenters. The fraction of sp³-hybridized carbons (Fsp3) is 0.400. The fourth-order valence-corrected chi connectivity index (χ4v) is 2.33. The van der Waals surface area contributed by atoms with Crippen molar-refractivity contribution in [2.75, 3.05) is 25.0 Å². The van der Waals surface area contributed by atoms with Crippen molar-refractivity contribution in [3.05, 3.63) is 29.8 Å². The van der Waals surface area contributed by atoms with Crippen LogP contribution in [0.2, 0.25) is 0 Å². The van der Waals surface area contributed by atoms with Gasteiger partial charge in [-0.3, -0.25) is 14.5 Å². The number of tetrazole rings is 1. The van der Waals surface area contributed by atoms with Crippen LogP contribution in [0.3, 0.4) is 0 Å². The molecule has 0 fully saturated rings. The molecule has 0 aliphatic carbocycles.